The SMILES string of the molecule is CC(C)(C)OC(=O)N1CCCC(CNC2CCSC2)C1. The van der Waals surface area contributed by atoms with Crippen molar-refractivity contribution in [2.75, 3.05) is 31.1 Å². The van der Waals surface area contributed by atoms with Crippen molar-refractivity contribution in [3.63, 3.8) is 0 Å². The van der Waals surface area contributed by atoms with Gasteiger partial charge in [0.25, 0.3) is 0 Å². The maximum absolute atomic E-state index is 12.1. The molecule has 2 fully saturated rings. The number of likely N-dealkylation sites (tertiary alicyclic amines) is 1. The zero-order chi connectivity index (χ0) is 14.6. The predicted octanol–water partition coefficient (Wildman–Crippen LogP) is 2.73. The molecule has 2 rings (SSSR count). The van der Waals surface area contributed by atoms with Crippen LogP contribution in [0.5, 0.6) is 0 Å². The average Bonchev–Trinajstić information content (AvgIpc) is 2.88. The second-order valence-corrected chi connectivity index (χ2v) is 8.05. The third-order valence-electron chi connectivity index (χ3n) is 3.80. The van der Waals surface area contributed by atoms with E-state index in [1.165, 1.54) is 24.3 Å². The van der Waals surface area contributed by atoms with Crippen LogP contribution in [0.15, 0.2) is 0 Å². The summed E-state index contributed by atoms with van der Waals surface area (Å²) in [4.78, 5) is 14.0. The highest BCUT2D eigenvalue weighted by molar-refractivity contribution is 7.99. The first-order chi connectivity index (χ1) is 9.44. The quantitative estimate of drug-likeness (QED) is 0.870. The van der Waals surface area contributed by atoms with E-state index in [1.807, 2.05) is 37.4 Å². The van der Waals surface area contributed by atoms with Gasteiger partial charge in [-0.1, -0.05) is 0 Å². The third-order valence-corrected chi connectivity index (χ3v) is 4.96. The molecule has 0 aromatic carbocycles. The Kier molecular flexibility index (Phi) is 5.61. The van der Waals surface area contributed by atoms with Crippen molar-refractivity contribution in [1.82, 2.24) is 10.2 Å². The number of rotatable bonds is 3. The Hall–Kier alpha value is -0.420. The van der Waals surface area contributed by atoms with Crippen molar-refractivity contribution in [1.29, 1.82) is 0 Å². The van der Waals surface area contributed by atoms with Gasteiger partial charge in [-0.2, -0.15) is 11.8 Å². The number of nitrogens with zero attached hydrogens (tertiary/aromatic N) is 1. The molecule has 2 atom stereocenters. The van der Waals surface area contributed by atoms with Crippen molar-refractivity contribution in [3.8, 4) is 0 Å². The highest BCUT2D eigenvalue weighted by atomic mass is 32.2. The molecule has 0 spiro atoms. The monoisotopic (exact) mass is 300 g/mol. The molecule has 2 unspecified atom stereocenters. The van der Waals surface area contributed by atoms with Gasteiger partial charge in [0.2, 0.25) is 0 Å². The zero-order valence-corrected chi connectivity index (χ0v) is 13.8. The summed E-state index contributed by atoms with van der Waals surface area (Å²) < 4.78 is 5.47. The molecule has 2 saturated heterocycles. The lowest BCUT2D eigenvalue weighted by Gasteiger charge is -2.34. The summed E-state index contributed by atoms with van der Waals surface area (Å²) in [5.74, 6) is 3.09. The predicted molar refractivity (Wildman–Crippen MR) is 84.3 cm³/mol. The van der Waals surface area contributed by atoms with Crippen LogP contribution in [0.3, 0.4) is 0 Å². The number of hydrogen-bond acceptors (Lipinski definition) is 4. The highest BCUT2D eigenvalue weighted by Gasteiger charge is 2.28. The lowest BCUT2D eigenvalue weighted by Crippen LogP contribution is -2.46. The molecule has 116 valence electrons. The molecule has 0 bridgehead atoms. The van der Waals surface area contributed by atoms with E-state index in [1.54, 1.807) is 0 Å². The first-order valence-corrected chi connectivity index (χ1v) is 8.88. The number of piperidine rings is 1. The highest BCUT2D eigenvalue weighted by Crippen LogP contribution is 2.21. The van der Waals surface area contributed by atoms with Gasteiger partial charge in [0, 0.05) is 24.9 Å². The van der Waals surface area contributed by atoms with Crippen molar-refractivity contribution >= 4 is 17.9 Å². The maximum Gasteiger partial charge on any atom is 0.410 e. The molecule has 4 nitrogen and oxygen atoms in total. The van der Waals surface area contributed by atoms with E-state index < -0.39 is 5.60 Å². The lowest BCUT2D eigenvalue weighted by molar-refractivity contribution is 0.0165. The Morgan fingerprint density at radius 3 is 2.85 bits per heavy atom. The third kappa shape index (κ3) is 5.17. The van der Waals surface area contributed by atoms with E-state index in [4.69, 9.17) is 4.74 Å². The fourth-order valence-electron chi connectivity index (χ4n) is 2.75. The maximum atomic E-state index is 12.1. The van der Waals surface area contributed by atoms with E-state index in [9.17, 15) is 4.79 Å². The summed E-state index contributed by atoms with van der Waals surface area (Å²) in [5.41, 5.74) is -0.399. The molecule has 0 aromatic rings. The molecule has 0 radical (unpaired) electrons. The van der Waals surface area contributed by atoms with Crippen LogP contribution < -0.4 is 5.32 Å². The number of carbonyl (C=O) groups is 1. The zero-order valence-electron chi connectivity index (χ0n) is 13.0. The molecular formula is C15H28N2O2S. The molecule has 0 aliphatic carbocycles. The Bertz CT molecular complexity index is 324. The van der Waals surface area contributed by atoms with Crippen LogP contribution >= 0.6 is 11.8 Å². The van der Waals surface area contributed by atoms with Gasteiger partial charge < -0.3 is 15.0 Å². The van der Waals surface area contributed by atoms with E-state index in [0.29, 0.717) is 12.0 Å². The lowest BCUT2D eigenvalue weighted by atomic mass is 9.98. The molecule has 20 heavy (non-hydrogen) atoms. The number of hydrogen-bond donors (Lipinski definition) is 1. The van der Waals surface area contributed by atoms with Crippen LogP contribution in [0.25, 0.3) is 0 Å². The van der Waals surface area contributed by atoms with Crippen molar-refractivity contribution in [2.45, 2.75) is 51.7 Å². The fraction of sp³-hybridized carbons (Fsp3) is 0.933. The minimum atomic E-state index is -0.399. The summed E-state index contributed by atoms with van der Waals surface area (Å²) in [6.45, 7) is 8.47. The van der Waals surface area contributed by atoms with Crippen molar-refractivity contribution < 1.29 is 9.53 Å². The minimum Gasteiger partial charge on any atom is -0.444 e. The topological polar surface area (TPSA) is 41.6 Å². The number of nitrogens with one attached hydrogen (secondary N) is 1. The summed E-state index contributed by atoms with van der Waals surface area (Å²) in [6.07, 6.45) is 3.43. The van der Waals surface area contributed by atoms with E-state index in [2.05, 4.69) is 5.32 Å². The van der Waals surface area contributed by atoms with Crippen LogP contribution in [0, 0.1) is 5.92 Å². The first kappa shape index (κ1) is 16.0. The largest absolute Gasteiger partial charge is 0.444 e. The van der Waals surface area contributed by atoms with Gasteiger partial charge in [0.15, 0.2) is 0 Å². The van der Waals surface area contributed by atoms with Crippen LogP contribution in [0.4, 0.5) is 4.79 Å². The summed E-state index contributed by atoms with van der Waals surface area (Å²) in [7, 11) is 0. The van der Waals surface area contributed by atoms with E-state index in [-0.39, 0.29) is 6.09 Å². The smallest absolute Gasteiger partial charge is 0.410 e. The summed E-state index contributed by atoms with van der Waals surface area (Å²) in [5, 5.41) is 3.66. The Morgan fingerprint density at radius 1 is 1.40 bits per heavy atom. The molecule has 0 aromatic heterocycles. The van der Waals surface area contributed by atoms with Crippen molar-refractivity contribution in [2.24, 2.45) is 5.92 Å². The average molecular weight is 300 g/mol. The second-order valence-electron chi connectivity index (χ2n) is 6.90. The number of amides is 1. The second kappa shape index (κ2) is 7.03. The Morgan fingerprint density at radius 2 is 2.20 bits per heavy atom. The summed E-state index contributed by atoms with van der Waals surface area (Å²) in [6, 6.07) is 0.678. The van der Waals surface area contributed by atoms with Gasteiger partial charge in [-0.15, -0.1) is 0 Å². The van der Waals surface area contributed by atoms with E-state index in [0.717, 1.165) is 26.1 Å². The van der Waals surface area contributed by atoms with Crippen molar-refractivity contribution in [3.05, 3.63) is 0 Å². The minimum absolute atomic E-state index is 0.154. The molecule has 2 aliphatic rings. The van der Waals surface area contributed by atoms with E-state index >= 15 is 0 Å². The molecule has 1 N–H and O–H groups in total. The van der Waals surface area contributed by atoms with Crippen LogP contribution in [0.1, 0.15) is 40.0 Å². The summed E-state index contributed by atoms with van der Waals surface area (Å²) >= 11 is 2.03. The molecule has 0 saturated carbocycles. The van der Waals surface area contributed by atoms with Gasteiger partial charge in [0.05, 0.1) is 0 Å². The van der Waals surface area contributed by atoms with Crippen LogP contribution in [-0.4, -0.2) is 53.8 Å². The molecule has 5 heteroatoms. The fourth-order valence-corrected chi connectivity index (χ4v) is 3.94. The van der Waals surface area contributed by atoms with Gasteiger partial charge in [-0.3, -0.25) is 0 Å². The number of ether oxygens (including phenoxy) is 1. The van der Waals surface area contributed by atoms with Gasteiger partial charge >= 0.3 is 6.09 Å². The Balaban J connectivity index is 1.74. The first-order valence-electron chi connectivity index (χ1n) is 7.73. The van der Waals surface area contributed by atoms with Crippen LogP contribution in [0.2, 0.25) is 0 Å². The number of thioether (sulfide) groups is 1. The van der Waals surface area contributed by atoms with Gasteiger partial charge in [-0.05, 0) is 58.2 Å². The standard InChI is InChI=1S/C15H28N2O2S/c1-15(2,3)19-14(18)17-7-4-5-12(10-17)9-16-13-6-8-20-11-13/h12-13,16H,4-11H2,1-3H3. The molecule has 2 heterocycles. The Labute approximate surface area is 127 Å². The van der Waals surface area contributed by atoms with Gasteiger partial charge in [-0.25, -0.2) is 4.79 Å². The molecular weight excluding hydrogens is 272 g/mol. The molecule has 2 aliphatic heterocycles. The van der Waals surface area contributed by atoms with Crippen LogP contribution in [-0.2, 0) is 4.74 Å². The number of carbonyl (C=O) groups excluding carboxylic acids is 1. The van der Waals surface area contributed by atoms with Gasteiger partial charge in [0.1, 0.15) is 5.60 Å². The molecule has 1 amide bonds. The normalized spacial score (nSPS) is 27.6.